The molecule has 108 valence electrons. The number of nitrogens with one attached hydrogen (secondary N) is 1. The number of piperidine rings is 1. The lowest BCUT2D eigenvalue weighted by Gasteiger charge is -2.29. The Labute approximate surface area is 118 Å². The highest BCUT2D eigenvalue weighted by Gasteiger charge is 2.18. The molecule has 0 aromatic heterocycles. The fraction of sp³-hybridized carbons (Fsp3) is 0.429. The highest BCUT2D eigenvalue weighted by Crippen LogP contribution is 2.11. The molecule has 0 spiro atoms. The third kappa shape index (κ3) is 4.04. The molecule has 1 heterocycles. The van der Waals surface area contributed by atoms with E-state index in [1.165, 1.54) is 0 Å². The quantitative estimate of drug-likeness (QED) is 0.728. The fourth-order valence-electron chi connectivity index (χ4n) is 2.36. The number of primary amides is 1. The molecule has 6 heteroatoms. The predicted molar refractivity (Wildman–Crippen MR) is 77.2 cm³/mol. The Kier molecular flexibility index (Phi) is 4.70. The molecule has 1 aromatic rings. The van der Waals surface area contributed by atoms with Crippen LogP contribution in [0.5, 0.6) is 0 Å². The van der Waals surface area contributed by atoms with E-state index in [0.717, 1.165) is 25.9 Å². The first-order chi connectivity index (χ1) is 9.54. The van der Waals surface area contributed by atoms with Crippen molar-refractivity contribution in [2.45, 2.75) is 18.9 Å². The SMILES string of the molecule is NC(=O)c1ccc(NC(=O)CN2CCC[C@@H](N)C2)cc1. The largest absolute Gasteiger partial charge is 0.366 e. The number of rotatable bonds is 4. The second-order valence-electron chi connectivity index (χ2n) is 5.13. The summed E-state index contributed by atoms with van der Waals surface area (Å²) in [5.41, 5.74) is 12.1. The Hall–Kier alpha value is -1.92. The van der Waals surface area contributed by atoms with E-state index in [1.807, 2.05) is 0 Å². The highest BCUT2D eigenvalue weighted by molar-refractivity contribution is 5.95. The number of nitrogens with two attached hydrogens (primary N) is 2. The van der Waals surface area contributed by atoms with E-state index in [1.54, 1.807) is 24.3 Å². The Bertz CT molecular complexity index is 486. The van der Waals surface area contributed by atoms with Crippen LogP contribution in [0, 0.1) is 0 Å². The van der Waals surface area contributed by atoms with Crippen LogP contribution in [-0.2, 0) is 4.79 Å². The number of hydrogen-bond acceptors (Lipinski definition) is 4. The molecule has 2 amide bonds. The van der Waals surface area contributed by atoms with Crippen molar-refractivity contribution in [2.75, 3.05) is 25.0 Å². The summed E-state index contributed by atoms with van der Waals surface area (Å²) in [5.74, 6) is -0.559. The van der Waals surface area contributed by atoms with Crippen molar-refractivity contribution in [1.82, 2.24) is 4.90 Å². The van der Waals surface area contributed by atoms with Crippen molar-refractivity contribution in [3.8, 4) is 0 Å². The van der Waals surface area contributed by atoms with E-state index in [2.05, 4.69) is 10.2 Å². The summed E-state index contributed by atoms with van der Waals surface area (Å²) >= 11 is 0. The second-order valence-corrected chi connectivity index (χ2v) is 5.13. The molecule has 2 rings (SSSR count). The molecule has 5 N–H and O–H groups in total. The summed E-state index contributed by atoms with van der Waals surface area (Å²) < 4.78 is 0. The van der Waals surface area contributed by atoms with Gasteiger partial charge in [0, 0.05) is 23.8 Å². The average molecular weight is 276 g/mol. The molecular weight excluding hydrogens is 256 g/mol. The number of amides is 2. The van der Waals surface area contributed by atoms with E-state index in [-0.39, 0.29) is 11.9 Å². The Balaban J connectivity index is 1.86. The van der Waals surface area contributed by atoms with E-state index in [0.29, 0.717) is 17.8 Å². The number of anilines is 1. The van der Waals surface area contributed by atoms with Crippen LogP contribution in [0.1, 0.15) is 23.2 Å². The van der Waals surface area contributed by atoms with Crippen LogP contribution in [0.3, 0.4) is 0 Å². The van der Waals surface area contributed by atoms with Crippen molar-refractivity contribution < 1.29 is 9.59 Å². The monoisotopic (exact) mass is 276 g/mol. The van der Waals surface area contributed by atoms with Crippen molar-refractivity contribution in [2.24, 2.45) is 11.5 Å². The molecular formula is C14H20N4O2. The molecule has 1 aromatic carbocycles. The molecule has 0 bridgehead atoms. The Morgan fingerprint density at radius 2 is 2.00 bits per heavy atom. The maximum absolute atomic E-state index is 11.9. The molecule has 1 aliphatic rings. The van der Waals surface area contributed by atoms with Crippen LogP contribution in [0.15, 0.2) is 24.3 Å². The topological polar surface area (TPSA) is 101 Å². The van der Waals surface area contributed by atoms with Gasteiger partial charge in [0.05, 0.1) is 6.54 Å². The molecule has 1 fully saturated rings. The summed E-state index contributed by atoms with van der Waals surface area (Å²) in [6.07, 6.45) is 2.05. The van der Waals surface area contributed by atoms with Gasteiger partial charge in [-0.15, -0.1) is 0 Å². The first kappa shape index (κ1) is 14.5. The zero-order chi connectivity index (χ0) is 14.5. The third-order valence-electron chi connectivity index (χ3n) is 3.36. The summed E-state index contributed by atoms with van der Waals surface area (Å²) in [7, 11) is 0. The molecule has 0 aliphatic carbocycles. The van der Waals surface area contributed by atoms with Crippen LogP contribution in [0.25, 0.3) is 0 Å². The minimum absolute atomic E-state index is 0.0778. The summed E-state index contributed by atoms with van der Waals surface area (Å²) in [6, 6.07) is 6.68. The van der Waals surface area contributed by atoms with Gasteiger partial charge in [0.15, 0.2) is 0 Å². The molecule has 0 saturated carbocycles. The molecule has 20 heavy (non-hydrogen) atoms. The van der Waals surface area contributed by atoms with Crippen LogP contribution < -0.4 is 16.8 Å². The van der Waals surface area contributed by atoms with Gasteiger partial charge in [0.1, 0.15) is 0 Å². The number of carbonyl (C=O) groups excluding carboxylic acids is 2. The van der Waals surface area contributed by atoms with E-state index < -0.39 is 5.91 Å². The second kappa shape index (κ2) is 6.49. The van der Waals surface area contributed by atoms with Crippen LogP contribution in [-0.4, -0.2) is 42.4 Å². The molecule has 1 aliphatic heterocycles. The van der Waals surface area contributed by atoms with Crippen LogP contribution >= 0.6 is 0 Å². The summed E-state index contributed by atoms with van der Waals surface area (Å²) in [5, 5.41) is 2.80. The number of likely N-dealkylation sites (tertiary alicyclic amines) is 1. The van der Waals surface area contributed by atoms with Crippen molar-refractivity contribution in [3.63, 3.8) is 0 Å². The van der Waals surface area contributed by atoms with Crippen molar-refractivity contribution >= 4 is 17.5 Å². The van der Waals surface area contributed by atoms with Crippen LogP contribution in [0.2, 0.25) is 0 Å². The number of benzene rings is 1. The summed E-state index contributed by atoms with van der Waals surface area (Å²) in [6.45, 7) is 2.00. The van der Waals surface area contributed by atoms with Gasteiger partial charge in [0.2, 0.25) is 11.8 Å². The van der Waals surface area contributed by atoms with Gasteiger partial charge < -0.3 is 16.8 Å². The normalized spacial score (nSPS) is 19.6. The van der Waals surface area contributed by atoms with E-state index >= 15 is 0 Å². The maximum atomic E-state index is 11.9. The maximum Gasteiger partial charge on any atom is 0.248 e. The fourth-order valence-corrected chi connectivity index (χ4v) is 2.36. The average Bonchev–Trinajstić information content (AvgIpc) is 2.39. The zero-order valence-corrected chi connectivity index (χ0v) is 11.3. The van der Waals surface area contributed by atoms with Crippen molar-refractivity contribution in [3.05, 3.63) is 29.8 Å². The van der Waals surface area contributed by atoms with Crippen molar-refractivity contribution in [1.29, 1.82) is 0 Å². The lowest BCUT2D eigenvalue weighted by atomic mass is 10.1. The highest BCUT2D eigenvalue weighted by atomic mass is 16.2. The van der Waals surface area contributed by atoms with Gasteiger partial charge in [-0.05, 0) is 43.7 Å². The lowest BCUT2D eigenvalue weighted by Crippen LogP contribution is -2.45. The molecule has 1 saturated heterocycles. The Morgan fingerprint density at radius 1 is 1.30 bits per heavy atom. The van der Waals surface area contributed by atoms with Gasteiger partial charge in [-0.1, -0.05) is 0 Å². The first-order valence-electron chi connectivity index (χ1n) is 6.72. The minimum Gasteiger partial charge on any atom is -0.366 e. The minimum atomic E-state index is -0.481. The van der Waals surface area contributed by atoms with E-state index in [4.69, 9.17) is 11.5 Å². The van der Waals surface area contributed by atoms with Gasteiger partial charge in [-0.2, -0.15) is 0 Å². The first-order valence-corrected chi connectivity index (χ1v) is 6.72. The molecule has 0 radical (unpaired) electrons. The number of carbonyl (C=O) groups is 2. The summed E-state index contributed by atoms with van der Waals surface area (Å²) in [4.78, 5) is 24.9. The molecule has 6 nitrogen and oxygen atoms in total. The third-order valence-corrected chi connectivity index (χ3v) is 3.36. The zero-order valence-electron chi connectivity index (χ0n) is 11.3. The standard InChI is InChI=1S/C14H20N4O2/c15-11-2-1-7-18(8-11)9-13(19)17-12-5-3-10(4-6-12)14(16)20/h3-6,11H,1-2,7-9,15H2,(H2,16,20)(H,17,19)/t11-/m1/s1. The van der Waals surface area contributed by atoms with Gasteiger partial charge in [0.25, 0.3) is 0 Å². The molecule has 1 atom stereocenters. The smallest absolute Gasteiger partial charge is 0.248 e. The Morgan fingerprint density at radius 3 is 2.60 bits per heavy atom. The van der Waals surface area contributed by atoms with Gasteiger partial charge in [-0.3, -0.25) is 14.5 Å². The molecule has 0 unspecified atom stereocenters. The van der Waals surface area contributed by atoms with Gasteiger partial charge in [-0.25, -0.2) is 0 Å². The van der Waals surface area contributed by atoms with Crippen LogP contribution in [0.4, 0.5) is 5.69 Å². The lowest BCUT2D eigenvalue weighted by molar-refractivity contribution is -0.117. The number of hydrogen-bond donors (Lipinski definition) is 3. The van der Waals surface area contributed by atoms with Gasteiger partial charge >= 0.3 is 0 Å². The van der Waals surface area contributed by atoms with E-state index in [9.17, 15) is 9.59 Å². The predicted octanol–water partition coefficient (Wildman–Crippen LogP) is 0.147. The number of nitrogens with zero attached hydrogens (tertiary/aromatic N) is 1.